The summed E-state index contributed by atoms with van der Waals surface area (Å²) in [6.07, 6.45) is 3.31. The van der Waals surface area contributed by atoms with E-state index in [1.165, 1.54) is 30.0 Å². The van der Waals surface area contributed by atoms with Gasteiger partial charge in [-0.15, -0.1) is 11.3 Å². The number of para-hydroxylation sites is 1. The number of fused-ring (bicyclic) bond motifs is 3. The highest BCUT2D eigenvalue weighted by Gasteiger charge is 2.20. The Labute approximate surface area is 187 Å². The smallest absolute Gasteiger partial charge is 0.279 e. The number of nitrogens with zero attached hydrogens (tertiary/aromatic N) is 1. The Morgan fingerprint density at radius 3 is 2.84 bits per heavy atom. The van der Waals surface area contributed by atoms with E-state index in [0.717, 1.165) is 31.2 Å². The molecule has 0 spiro atoms. The van der Waals surface area contributed by atoms with Crippen LogP contribution >= 0.6 is 11.3 Å². The quantitative estimate of drug-likeness (QED) is 0.492. The molecule has 1 aromatic carbocycles. The second kappa shape index (κ2) is 9.47. The van der Waals surface area contributed by atoms with Gasteiger partial charge in [-0.3, -0.25) is 25.2 Å². The minimum atomic E-state index is -1.02. The van der Waals surface area contributed by atoms with Gasteiger partial charge in [-0.05, 0) is 50.3 Å². The maximum Gasteiger partial charge on any atom is 0.279 e. The second-order valence-corrected chi connectivity index (χ2v) is 8.72. The summed E-state index contributed by atoms with van der Waals surface area (Å²) >= 11 is 1.55. The highest BCUT2D eigenvalue weighted by molar-refractivity contribution is 7.18. The van der Waals surface area contributed by atoms with Crippen LogP contribution in [-0.4, -0.2) is 27.9 Å². The number of hydrogen-bond donors (Lipinski definition) is 3. The van der Waals surface area contributed by atoms with Crippen LogP contribution in [0.25, 0.3) is 10.2 Å². The molecule has 2 aromatic heterocycles. The van der Waals surface area contributed by atoms with Crippen LogP contribution in [0.15, 0.2) is 29.1 Å². The molecule has 32 heavy (non-hydrogen) atoms. The van der Waals surface area contributed by atoms with Crippen LogP contribution in [0, 0.1) is 5.82 Å². The van der Waals surface area contributed by atoms with Crippen LogP contribution in [0.3, 0.4) is 0 Å². The van der Waals surface area contributed by atoms with Crippen molar-refractivity contribution in [1.82, 2.24) is 20.8 Å². The summed E-state index contributed by atoms with van der Waals surface area (Å²) in [6, 6.07) is 5.74. The van der Waals surface area contributed by atoms with E-state index in [-0.39, 0.29) is 24.2 Å². The van der Waals surface area contributed by atoms with E-state index in [9.17, 15) is 18.8 Å². The van der Waals surface area contributed by atoms with E-state index in [2.05, 4.69) is 20.8 Å². The van der Waals surface area contributed by atoms with Gasteiger partial charge >= 0.3 is 0 Å². The van der Waals surface area contributed by atoms with E-state index in [1.54, 1.807) is 17.4 Å². The number of hydrogen-bond acceptors (Lipinski definition) is 6. The van der Waals surface area contributed by atoms with E-state index in [1.807, 2.05) is 0 Å². The lowest BCUT2D eigenvalue weighted by atomic mass is 9.97. The summed E-state index contributed by atoms with van der Waals surface area (Å²) in [5.74, 6) is -1.29. The summed E-state index contributed by atoms with van der Waals surface area (Å²) in [5, 5.41) is 0.675. The van der Waals surface area contributed by atoms with Crippen LogP contribution < -0.4 is 21.1 Å². The van der Waals surface area contributed by atoms with Gasteiger partial charge in [0.2, 0.25) is 5.91 Å². The van der Waals surface area contributed by atoms with Crippen molar-refractivity contribution in [2.75, 3.05) is 0 Å². The van der Waals surface area contributed by atoms with E-state index in [4.69, 9.17) is 4.74 Å². The first kappa shape index (κ1) is 21.9. The summed E-state index contributed by atoms with van der Waals surface area (Å²) in [5.41, 5.74) is 5.50. The molecule has 1 atom stereocenters. The number of ether oxygens (including phenoxy) is 1. The molecule has 3 N–H and O–H groups in total. The largest absolute Gasteiger partial charge is 0.478 e. The zero-order chi connectivity index (χ0) is 22.7. The number of thiophene rings is 1. The number of nitrogens with one attached hydrogen (secondary N) is 3. The summed E-state index contributed by atoms with van der Waals surface area (Å²) in [6.45, 7) is 1.44. The maximum atomic E-state index is 13.6. The molecule has 0 fully saturated rings. The van der Waals surface area contributed by atoms with Gasteiger partial charge in [0, 0.05) is 17.7 Å². The van der Waals surface area contributed by atoms with Crippen LogP contribution in [-0.2, 0) is 28.9 Å². The predicted molar refractivity (Wildman–Crippen MR) is 118 cm³/mol. The van der Waals surface area contributed by atoms with Crippen molar-refractivity contribution in [1.29, 1.82) is 0 Å². The number of rotatable bonds is 6. The number of benzene rings is 1. The van der Waals surface area contributed by atoms with Crippen LogP contribution in [0.1, 0.15) is 42.5 Å². The Balaban J connectivity index is 1.30. The van der Waals surface area contributed by atoms with Crippen molar-refractivity contribution < 1.29 is 18.7 Å². The average Bonchev–Trinajstić information content (AvgIpc) is 3.16. The third-order valence-electron chi connectivity index (χ3n) is 5.30. The van der Waals surface area contributed by atoms with Crippen LogP contribution in [0.5, 0.6) is 5.75 Å². The van der Waals surface area contributed by atoms with Gasteiger partial charge in [-0.1, -0.05) is 12.1 Å². The lowest BCUT2D eigenvalue weighted by Crippen LogP contribution is -2.47. The van der Waals surface area contributed by atoms with Gasteiger partial charge in [-0.25, -0.2) is 9.37 Å². The van der Waals surface area contributed by atoms with E-state index >= 15 is 0 Å². The van der Waals surface area contributed by atoms with Gasteiger partial charge in [0.1, 0.15) is 10.7 Å². The van der Waals surface area contributed by atoms with E-state index < -0.39 is 23.7 Å². The van der Waals surface area contributed by atoms with Crippen molar-refractivity contribution in [2.45, 2.75) is 51.6 Å². The van der Waals surface area contributed by atoms with Gasteiger partial charge in [0.15, 0.2) is 17.7 Å². The SMILES string of the molecule is CC(Oc1ccccc1F)C(=O)NNC(=O)CCc1nc2sc3c(c2c(=O)[nH]1)CCCC3. The molecular weight excluding hydrogens is 435 g/mol. The second-order valence-electron chi connectivity index (χ2n) is 7.63. The normalized spacial score (nSPS) is 13.9. The molecular formula is C22H23FN4O4S. The molecule has 0 radical (unpaired) electrons. The number of hydrazine groups is 1. The molecule has 3 aromatic rings. The van der Waals surface area contributed by atoms with Crippen molar-refractivity contribution >= 4 is 33.4 Å². The molecule has 0 bridgehead atoms. The standard InChI is InChI=1S/C22H23FN4O4S/c1-12(31-15-8-4-3-7-14(15)23)20(29)27-26-18(28)11-10-17-24-21(30)19-13-6-2-5-9-16(13)32-22(19)25-17/h3-4,7-8,12H,2,5-6,9-11H2,1H3,(H,26,28)(H,27,29)(H,24,25,30). The molecule has 2 heterocycles. The lowest BCUT2D eigenvalue weighted by Gasteiger charge is -2.15. The van der Waals surface area contributed by atoms with Crippen molar-refractivity contribution in [2.24, 2.45) is 0 Å². The molecule has 10 heteroatoms. The maximum absolute atomic E-state index is 13.6. The zero-order valence-corrected chi connectivity index (χ0v) is 18.3. The fourth-order valence-electron chi connectivity index (χ4n) is 3.64. The van der Waals surface area contributed by atoms with Gasteiger partial charge < -0.3 is 9.72 Å². The Kier molecular flexibility index (Phi) is 6.50. The molecule has 0 aliphatic heterocycles. The van der Waals surface area contributed by atoms with Crippen molar-refractivity contribution in [3.63, 3.8) is 0 Å². The third-order valence-corrected chi connectivity index (χ3v) is 6.48. The van der Waals surface area contributed by atoms with Crippen LogP contribution in [0.2, 0.25) is 0 Å². The molecule has 0 saturated heterocycles. The molecule has 1 aliphatic rings. The number of H-pyrrole nitrogens is 1. The van der Waals surface area contributed by atoms with Gasteiger partial charge in [0.05, 0.1) is 5.39 Å². The number of aryl methyl sites for hydroxylation is 3. The molecule has 1 aliphatic carbocycles. The fourth-order valence-corrected chi connectivity index (χ4v) is 4.92. The fraction of sp³-hybridized carbons (Fsp3) is 0.364. The highest BCUT2D eigenvalue weighted by Crippen LogP contribution is 2.33. The van der Waals surface area contributed by atoms with Crippen LogP contribution in [0.4, 0.5) is 4.39 Å². The molecule has 2 amide bonds. The highest BCUT2D eigenvalue weighted by atomic mass is 32.1. The topological polar surface area (TPSA) is 113 Å². The summed E-state index contributed by atoms with van der Waals surface area (Å²) in [4.78, 5) is 46.0. The number of aromatic amines is 1. The minimum absolute atomic E-state index is 0.0162. The zero-order valence-electron chi connectivity index (χ0n) is 17.5. The lowest BCUT2D eigenvalue weighted by molar-refractivity contribution is -0.132. The van der Waals surface area contributed by atoms with Crippen molar-refractivity contribution in [3.8, 4) is 5.75 Å². The number of aromatic nitrogens is 2. The number of carbonyl (C=O) groups is 2. The molecule has 8 nitrogen and oxygen atoms in total. The average molecular weight is 459 g/mol. The van der Waals surface area contributed by atoms with Gasteiger partial charge in [0.25, 0.3) is 11.5 Å². The van der Waals surface area contributed by atoms with Crippen molar-refractivity contribution in [3.05, 3.63) is 56.7 Å². The summed E-state index contributed by atoms with van der Waals surface area (Å²) < 4.78 is 18.9. The first-order valence-corrected chi connectivity index (χ1v) is 11.3. The molecule has 1 unspecified atom stereocenters. The number of amides is 2. The minimum Gasteiger partial charge on any atom is -0.478 e. The monoisotopic (exact) mass is 458 g/mol. The molecule has 4 rings (SSSR count). The number of carbonyl (C=O) groups excluding carboxylic acids is 2. The summed E-state index contributed by atoms with van der Waals surface area (Å²) in [7, 11) is 0. The molecule has 168 valence electrons. The number of halogens is 1. The molecule has 0 saturated carbocycles. The first-order chi connectivity index (χ1) is 15.4. The Bertz CT molecular complexity index is 1220. The first-order valence-electron chi connectivity index (χ1n) is 10.5. The predicted octanol–water partition coefficient (Wildman–Crippen LogP) is 2.55. The van der Waals surface area contributed by atoms with E-state index in [0.29, 0.717) is 16.0 Å². The Morgan fingerprint density at radius 1 is 1.25 bits per heavy atom. The Hall–Kier alpha value is -3.27. The third kappa shape index (κ3) is 4.80. The van der Waals surface area contributed by atoms with Gasteiger partial charge in [-0.2, -0.15) is 0 Å². The Morgan fingerprint density at radius 2 is 2.03 bits per heavy atom.